The van der Waals surface area contributed by atoms with Gasteiger partial charge < -0.3 is 15.0 Å². The van der Waals surface area contributed by atoms with Gasteiger partial charge in [-0.1, -0.05) is 17.7 Å². The number of likely N-dealkylation sites (tertiary alicyclic amines) is 1. The van der Waals surface area contributed by atoms with Crippen LogP contribution in [0.25, 0.3) is 0 Å². The topological polar surface area (TPSA) is 67.3 Å². The molecule has 8 heteroatoms. The summed E-state index contributed by atoms with van der Waals surface area (Å²) in [7, 11) is 1.55. The summed E-state index contributed by atoms with van der Waals surface area (Å²) in [5, 5.41) is 3.62. The Morgan fingerprint density at radius 3 is 2.85 bits per heavy atom. The summed E-state index contributed by atoms with van der Waals surface area (Å²) in [4.78, 5) is 22.4. The number of nitrogens with zero attached hydrogens (tertiary/aromatic N) is 3. The molecule has 0 spiro atoms. The second kappa shape index (κ2) is 8.31. The van der Waals surface area contributed by atoms with Gasteiger partial charge in [-0.25, -0.2) is 14.4 Å². The Morgan fingerprint density at radius 1 is 1.38 bits per heavy atom. The number of amides is 1. The number of halogens is 2. The van der Waals surface area contributed by atoms with Crippen LogP contribution in [0.2, 0.25) is 5.02 Å². The van der Waals surface area contributed by atoms with Crippen molar-refractivity contribution in [1.82, 2.24) is 14.9 Å². The SMILES string of the molecule is COc1cc(NC2CCN(C(=O)Cc3c(F)cccc3Cl)CC2)ncn1. The van der Waals surface area contributed by atoms with Crippen LogP contribution in [-0.2, 0) is 11.2 Å². The van der Waals surface area contributed by atoms with Gasteiger partial charge in [0.1, 0.15) is 18.0 Å². The van der Waals surface area contributed by atoms with E-state index in [1.54, 1.807) is 24.1 Å². The highest BCUT2D eigenvalue weighted by Gasteiger charge is 2.24. The van der Waals surface area contributed by atoms with Crippen LogP contribution in [0.15, 0.2) is 30.6 Å². The lowest BCUT2D eigenvalue weighted by atomic mass is 10.0. The van der Waals surface area contributed by atoms with Crippen molar-refractivity contribution in [3.05, 3.63) is 47.0 Å². The number of aromatic nitrogens is 2. The lowest BCUT2D eigenvalue weighted by molar-refractivity contribution is -0.131. The van der Waals surface area contributed by atoms with Crippen LogP contribution >= 0.6 is 11.6 Å². The van der Waals surface area contributed by atoms with Crippen molar-refractivity contribution in [3.8, 4) is 5.88 Å². The first kappa shape index (κ1) is 18.4. The van der Waals surface area contributed by atoms with E-state index in [0.717, 1.165) is 12.8 Å². The van der Waals surface area contributed by atoms with Gasteiger partial charge in [0.2, 0.25) is 11.8 Å². The zero-order chi connectivity index (χ0) is 18.5. The average molecular weight is 379 g/mol. The predicted molar refractivity (Wildman–Crippen MR) is 96.9 cm³/mol. The van der Waals surface area contributed by atoms with Crippen LogP contribution in [-0.4, -0.2) is 47.0 Å². The number of anilines is 1. The lowest BCUT2D eigenvalue weighted by Gasteiger charge is -2.32. The van der Waals surface area contributed by atoms with Crippen molar-refractivity contribution in [2.45, 2.75) is 25.3 Å². The number of methoxy groups -OCH3 is 1. The molecule has 1 amide bonds. The number of piperidine rings is 1. The molecule has 3 rings (SSSR count). The van der Waals surface area contributed by atoms with Crippen molar-refractivity contribution >= 4 is 23.3 Å². The summed E-state index contributed by atoms with van der Waals surface area (Å²) in [5.74, 6) is 0.635. The van der Waals surface area contributed by atoms with E-state index in [1.807, 2.05) is 0 Å². The minimum atomic E-state index is -0.444. The Morgan fingerprint density at radius 2 is 2.15 bits per heavy atom. The van der Waals surface area contributed by atoms with Crippen LogP contribution < -0.4 is 10.1 Å². The van der Waals surface area contributed by atoms with Crippen molar-refractivity contribution in [2.24, 2.45) is 0 Å². The first-order chi connectivity index (χ1) is 12.6. The van der Waals surface area contributed by atoms with Crippen LogP contribution in [0.4, 0.5) is 10.2 Å². The fourth-order valence-electron chi connectivity index (χ4n) is 2.98. The normalized spacial score (nSPS) is 15.0. The van der Waals surface area contributed by atoms with Crippen LogP contribution in [0, 0.1) is 5.82 Å². The second-order valence-electron chi connectivity index (χ2n) is 6.12. The maximum atomic E-state index is 13.9. The summed E-state index contributed by atoms with van der Waals surface area (Å²) >= 11 is 6.01. The molecule has 1 aliphatic rings. The Balaban J connectivity index is 1.54. The lowest BCUT2D eigenvalue weighted by Crippen LogP contribution is -2.43. The Hall–Kier alpha value is -2.41. The number of hydrogen-bond acceptors (Lipinski definition) is 5. The van der Waals surface area contributed by atoms with Crippen LogP contribution in [0.3, 0.4) is 0 Å². The molecular weight excluding hydrogens is 359 g/mol. The number of ether oxygens (including phenoxy) is 1. The summed E-state index contributed by atoms with van der Waals surface area (Å²) in [6, 6.07) is 6.39. The van der Waals surface area contributed by atoms with Crippen LogP contribution in [0.1, 0.15) is 18.4 Å². The Kier molecular flexibility index (Phi) is 5.88. The molecule has 1 fully saturated rings. The third-order valence-electron chi connectivity index (χ3n) is 4.44. The molecule has 0 radical (unpaired) electrons. The molecule has 1 aromatic heterocycles. The minimum Gasteiger partial charge on any atom is -0.481 e. The molecule has 138 valence electrons. The van der Waals surface area contributed by atoms with Gasteiger partial charge in [0.15, 0.2) is 0 Å². The van der Waals surface area contributed by atoms with E-state index in [4.69, 9.17) is 16.3 Å². The molecule has 0 aliphatic carbocycles. The molecule has 0 saturated carbocycles. The molecule has 1 N–H and O–H groups in total. The fraction of sp³-hybridized carbons (Fsp3) is 0.389. The van der Waals surface area contributed by atoms with Gasteiger partial charge in [0.05, 0.1) is 13.5 Å². The van der Waals surface area contributed by atoms with E-state index < -0.39 is 5.82 Å². The molecule has 2 aromatic rings. The first-order valence-corrected chi connectivity index (χ1v) is 8.78. The number of hydrogen-bond donors (Lipinski definition) is 1. The third-order valence-corrected chi connectivity index (χ3v) is 4.79. The molecule has 0 atom stereocenters. The summed E-state index contributed by atoms with van der Waals surface area (Å²) < 4.78 is 18.9. The average Bonchev–Trinajstić information content (AvgIpc) is 2.65. The summed E-state index contributed by atoms with van der Waals surface area (Å²) in [5.41, 5.74) is 0.257. The fourth-order valence-corrected chi connectivity index (χ4v) is 3.21. The molecule has 0 bridgehead atoms. The zero-order valence-corrected chi connectivity index (χ0v) is 15.2. The molecule has 1 saturated heterocycles. The van der Waals surface area contributed by atoms with E-state index in [1.165, 1.54) is 18.5 Å². The highest BCUT2D eigenvalue weighted by atomic mass is 35.5. The molecule has 0 unspecified atom stereocenters. The maximum Gasteiger partial charge on any atom is 0.227 e. The van der Waals surface area contributed by atoms with Gasteiger partial charge in [-0.2, -0.15) is 0 Å². The van der Waals surface area contributed by atoms with Gasteiger partial charge in [0.25, 0.3) is 0 Å². The smallest absolute Gasteiger partial charge is 0.227 e. The first-order valence-electron chi connectivity index (χ1n) is 8.40. The molecule has 1 aliphatic heterocycles. The van der Waals surface area contributed by atoms with E-state index in [-0.39, 0.29) is 29.0 Å². The van der Waals surface area contributed by atoms with Crippen molar-refractivity contribution < 1.29 is 13.9 Å². The number of rotatable bonds is 5. The minimum absolute atomic E-state index is 0.0211. The Labute approximate surface area is 156 Å². The molecule has 1 aromatic carbocycles. The van der Waals surface area contributed by atoms with E-state index in [2.05, 4.69) is 15.3 Å². The maximum absolute atomic E-state index is 13.9. The van der Waals surface area contributed by atoms with Crippen molar-refractivity contribution in [1.29, 1.82) is 0 Å². The highest BCUT2D eigenvalue weighted by Crippen LogP contribution is 2.22. The van der Waals surface area contributed by atoms with Gasteiger partial charge in [-0.15, -0.1) is 0 Å². The van der Waals surface area contributed by atoms with E-state index in [0.29, 0.717) is 24.8 Å². The zero-order valence-electron chi connectivity index (χ0n) is 14.4. The van der Waals surface area contributed by atoms with Crippen molar-refractivity contribution in [2.75, 3.05) is 25.5 Å². The monoisotopic (exact) mass is 378 g/mol. The summed E-state index contributed by atoms with van der Waals surface area (Å²) in [6.45, 7) is 1.20. The summed E-state index contributed by atoms with van der Waals surface area (Å²) in [6.07, 6.45) is 2.98. The number of carbonyl (C=O) groups excluding carboxylic acids is 1. The van der Waals surface area contributed by atoms with Gasteiger partial charge >= 0.3 is 0 Å². The molecule has 2 heterocycles. The quantitative estimate of drug-likeness (QED) is 0.866. The van der Waals surface area contributed by atoms with Gasteiger partial charge in [-0.3, -0.25) is 4.79 Å². The van der Waals surface area contributed by atoms with Gasteiger partial charge in [0, 0.05) is 35.8 Å². The molecule has 6 nitrogen and oxygen atoms in total. The van der Waals surface area contributed by atoms with E-state index >= 15 is 0 Å². The standard InChI is InChI=1S/C18H20ClFN4O2/c1-26-17-10-16(21-11-22-17)23-12-5-7-24(8-6-12)18(25)9-13-14(19)3-2-4-15(13)20/h2-4,10-12H,5-9H2,1H3,(H,21,22,23). The number of benzene rings is 1. The van der Waals surface area contributed by atoms with Gasteiger partial charge in [-0.05, 0) is 25.0 Å². The number of carbonyl (C=O) groups is 1. The molecular formula is C18H20ClFN4O2. The van der Waals surface area contributed by atoms with Crippen molar-refractivity contribution in [3.63, 3.8) is 0 Å². The van der Waals surface area contributed by atoms with Crippen LogP contribution in [0.5, 0.6) is 5.88 Å². The Bertz CT molecular complexity index is 761. The highest BCUT2D eigenvalue weighted by molar-refractivity contribution is 6.31. The predicted octanol–water partition coefficient (Wildman–Crippen LogP) is 2.92. The number of nitrogens with one attached hydrogen (secondary N) is 1. The van der Waals surface area contributed by atoms with E-state index in [9.17, 15) is 9.18 Å². The third kappa shape index (κ3) is 4.40. The molecule has 26 heavy (non-hydrogen) atoms. The second-order valence-corrected chi connectivity index (χ2v) is 6.53. The largest absolute Gasteiger partial charge is 0.481 e.